The molecule has 0 heterocycles. The number of hydrogen-bond acceptors (Lipinski definition) is 3. The molecular formula is C14H22N2O2S. The molecule has 0 aromatic heterocycles. The molecule has 1 N–H and O–H groups in total. The zero-order valence-electron chi connectivity index (χ0n) is 11.6. The number of rotatable bonds is 7. The summed E-state index contributed by atoms with van der Waals surface area (Å²) in [6.07, 6.45) is 3.13. The maximum atomic E-state index is 12.2. The first-order valence-electron chi connectivity index (χ1n) is 6.76. The van der Waals surface area contributed by atoms with Gasteiger partial charge < -0.3 is 5.32 Å². The number of benzene rings is 1. The van der Waals surface area contributed by atoms with Crippen molar-refractivity contribution in [2.75, 3.05) is 23.7 Å². The minimum absolute atomic E-state index is 0.192. The summed E-state index contributed by atoms with van der Waals surface area (Å²) < 4.78 is 25.7. The molecule has 1 aromatic rings. The van der Waals surface area contributed by atoms with Crippen LogP contribution in [0.5, 0.6) is 0 Å². The summed E-state index contributed by atoms with van der Waals surface area (Å²) in [4.78, 5) is 0. The molecule has 1 aromatic carbocycles. The monoisotopic (exact) mass is 282 g/mol. The molecule has 0 bridgehead atoms. The Labute approximate surface area is 115 Å². The average Bonchev–Trinajstić information content (AvgIpc) is 3.19. The number of nitrogens with one attached hydrogen (secondary N) is 1. The van der Waals surface area contributed by atoms with Gasteiger partial charge in [0, 0.05) is 13.1 Å². The smallest absolute Gasteiger partial charge is 0.234 e. The molecule has 19 heavy (non-hydrogen) atoms. The minimum atomic E-state index is -3.21. The van der Waals surface area contributed by atoms with Crippen LogP contribution in [0, 0.1) is 6.92 Å². The minimum Gasteiger partial charge on any atom is -0.314 e. The summed E-state index contributed by atoms with van der Waals surface area (Å²) in [5, 5.41) is 3.33. The van der Waals surface area contributed by atoms with Crippen molar-refractivity contribution in [1.82, 2.24) is 5.32 Å². The van der Waals surface area contributed by atoms with E-state index in [4.69, 9.17) is 0 Å². The Morgan fingerprint density at radius 1 is 1.26 bits per heavy atom. The molecule has 1 aliphatic carbocycles. The van der Waals surface area contributed by atoms with E-state index in [-0.39, 0.29) is 5.75 Å². The third kappa shape index (κ3) is 4.21. The molecule has 5 heteroatoms. The topological polar surface area (TPSA) is 49.4 Å². The largest absolute Gasteiger partial charge is 0.314 e. The molecular weight excluding hydrogens is 260 g/mol. The maximum absolute atomic E-state index is 12.2. The standard InChI is InChI=1S/C14H22N2O2S/c1-12-4-8-14(9-5-12)16(2)19(17,18)11-3-10-15-13-6-7-13/h4-5,8-9,13,15H,3,6-7,10-11H2,1-2H3. The van der Waals surface area contributed by atoms with Crippen LogP contribution < -0.4 is 9.62 Å². The van der Waals surface area contributed by atoms with E-state index in [1.807, 2.05) is 31.2 Å². The van der Waals surface area contributed by atoms with Gasteiger partial charge in [-0.1, -0.05) is 17.7 Å². The molecule has 106 valence electrons. The Morgan fingerprint density at radius 3 is 2.47 bits per heavy atom. The van der Waals surface area contributed by atoms with Crippen molar-refractivity contribution in [3.05, 3.63) is 29.8 Å². The second kappa shape index (κ2) is 5.92. The van der Waals surface area contributed by atoms with Crippen molar-refractivity contribution in [3.8, 4) is 0 Å². The fraction of sp³-hybridized carbons (Fsp3) is 0.571. The predicted molar refractivity (Wildman–Crippen MR) is 79.0 cm³/mol. The summed E-state index contributed by atoms with van der Waals surface area (Å²) in [7, 11) is -1.59. The van der Waals surface area contributed by atoms with Gasteiger partial charge in [0.25, 0.3) is 0 Å². The Balaban J connectivity index is 1.87. The first kappa shape index (κ1) is 14.3. The SMILES string of the molecule is Cc1ccc(N(C)S(=O)(=O)CCCNC2CC2)cc1. The van der Waals surface area contributed by atoms with Gasteiger partial charge in [0.1, 0.15) is 0 Å². The van der Waals surface area contributed by atoms with Crippen molar-refractivity contribution in [2.45, 2.75) is 32.2 Å². The average molecular weight is 282 g/mol. The lowest BCUT2D eigenvalue weighted by Crippen LogP contribution is -2.30. The van der Waals surface area contributed by atoms with E-state index in [0.717, 1.165) is 17.8 Å². The Kier molecular flexibility index (Phi) is 4.47. The molecule has 0 radical (unpaired) electrons. The fourth-order valence-electron chi connectivity index (χ4n) is 1.90. The maximum Gasteiger partial charge on any atom is 0.234 e. The summed E-state index contributed by atoms with van der Waals surface area (Å²) in [5.74, 6) is 0.192. The van der Waals surface area contributed by atoms with Gasteiger partial charge >= 0.3 is 0 Å². The van der Waals surface area contributed by atoms with Crippen LogP contribution in [0.15, 0.2) is 24.3 Å². The molecule has 0 unspecified atom stereocenters. The zero-order chi connectivity index (χ0) is 13.9. The van der Waals surface area contributed by atoms with Crippen LogP contribution in [0.4, 0.5) is 5.69 Å². The lowest BCUT2D eigenvalue weighted by molar-refractivity contribution is 0.586. The normalized spacial score (nSPS) is 15.5. The summed E-state index contributed by atoms with van der Waals surface area (Å²) >= 11 is 0. The van der Waals surface area contributed by atoms with Gasteiger partial charge in [-0.05, 0) is 44.9 Å². The molecule has 0 atom stereocenters. The van der Waals surface area contributed by atoms with Crippen molar-refractivity contribution in [1.29, 1.82) is 0 Å². The van der Waals surface area contributed by atoms with Crippen LogP contribution in [0.3, 0.4) is 0 Å². The third-order valence-corrected chi connectivity index (χ3v) is 5.25. The lowest BCUT2D eigenvalue weighted by atomic mass is 10.2. The van der Waals surface area contributed by atoms with Crippen molar-refractivity contribution in [2.24, 2.45) is 0 Å². The lowest BCUT2D eigenvalue weighted by Gasteiger charge is -2.19. The van der Waals surface area contributed by atoms with Crippen LogP contribution in [0.1, 0.15) is 24.8 Å². The van der Waals surface area contributed by atoms with Crippen LogP contribution in [0.25, 0.3) is 0 Å². The first-order chi connectivity index (χ1) is 8.99. The molecule has 0 saturated heterocycles. The predicted octanol–water partition coefficient (Wildman–Crippen LogP) is 1.90. The van der Waals surface area contributed by atoms with Crippen LogP contribution >= 0.6 is 0 Å². The van der Waals surface area contributed by atoms with Crippen molar-refractivity contribution < 1.29 is 8.42 Å². The highest BCUT2D eigenvalue weighted by Gasteiger charge is 2.21. The number of anilines is 1. The highest BCUT2D eigenvalue weighted by atomic mass is 32.2. The molecule has 2 rings (SSSR count). The van der Waals surface area contributed by atoms with Crippen LogP contribution in [-0.2, 0) is 10.0 Å². The Morgan fingerprint density at radius 2 is 1.89 bits per heavy atom. The van der Waals surface area contributed by atoms with E-state index in [9.17, 15) is 8.42 Å². The summed E-state index contributed by atoms with van der Waals surface area (Å²) in [6, 6.07) is 8.17. The van der Waals surface area contributed by atoms with Gasteiger partial charge in [-0.3, -0.25) is 4.31 Å². The molecule has 0 aliphatic heterocycles. The Hall–Kier alpha value is -1.07. The molecule has 1 aliphatic rings. The van der Waals surface area contributed by atoms with E-state index in [1.54, 1.807) is 7.05 Å². The summed E-state index contributed by atoms with van der Waals surface area (Å²) in [6.45, 7) is 2.77. The zero-order valence-corrected chi connectivity index (χ0v) is 12.4. The van der Waals surface area contributed by atoms with Gasteiger partial charge in [0.05, 0.1) is 11.4 Å². The van der Waals surface area contributed by atoms with Gasteiger partial charge in [-0.25, -0.2) is 8.42 Å². The molecule has 1 saturated carbocycles. The van der Waals surface area contributed by atoms with Crippen LogP contribution in [0.2, 0.25) is 0 Å². The summed E-state index contributed by atoms with van der Waals surface area (Å²) in [5.41, 5.74) is 1.85. The number of sulfonamides is 1. The highest BCUT2D eigenvalue weighted by Crippen LogP contribution is 2.19. The third-order valence-electron chi connectivity index (χ3n) is 3.40. The number of nitrogens with zero attached hydrogens (tertiary/aromatic N) is 1. The van der Waals surface area contributed by atoms with E-state index >= 15 is 0 Å². The fourth-order valence-corrected chi connectivity index (χ4v) is 3.13. The molecule has 4 nitrogen and oxygen atoms in total. The van der Waals surface area contributed by atoms with Gasteiger partial charge in [-0.2, -0.15) is 0 Å². The number of aryl methyl sites for hydroxylation is 1. The molecule has 0 spiro atoms. The van der Waals surface area contributed by atoms with Crippen molar-refractivity contribution >= 4 is 15.7 Å². The van der Waals surface area contributed by atoms with E-state index in [1.165, 1.54) is 17.1 Å². The van der Waals surface area contributed by atoms with E-state index in [2.05, 4.69) is 5.32 Å². The van der Waals surface area contributed by atoms with Gasteiger partial charge in [-0.15, -0.1) is 0 Å². The Bertz CT molecular complexity index is 507. The second-order valence-corrected chi connectivity index (χ2v) is 7.32. The van der Waals surface area contributed by atoms with E-state index < -0.39 is 10.0 Å². The molecule has 0 amide bonds. The highest BCUT2D eigenvalue weighted by molar-refractivity contribution is 7.92. The van der Waals surface area contributed by atoms with Gasteiger partial charge in [0.15, 0.2) is 0 Å². The second-order valence-electron chi connectivity index (χ2n) is 5.20. The van der Waals surface area contributed by atoms with Crippen molar-refractivity contribution in [3.63, 3.8) is 0 Å². The van der Waals surface area contributed by atoms with Gasteiger partial charge in [0.2, 0.25) is 10.0 Å². The number of hydrogen-bond donors (Lipinski definition) is 1. The first-order valence-corrected chi connectivity index (χ1v) is 8.36. The van der Waals surface area contributed by atoms with Crippen LogP contribution in [-0.4, -0.2) is 33.8 Å². The van der Waals surface area contributed by atoms with E-state index in [0.29, 0.717) is 12.5 Å². The molecule has 1 fully saturated rings. The quantitative estimate of drug-likeness (QED) is 0.777.